The second kappa shape index (κ2) is 7.00. The zero-order valence-corrected chi connectivity index (χ0v) is 9.50. The highest BCUT2D eigenvalue weighted by molar-refractivity contribution is 6.70. The summed E-state index contributed by atoms with van der Waals surface area (Å²) < 4.78 is 0. The maximum absolute atomic E-state index is 4.16. The minimum Gasteiger partial charge on any atom is -0.372 e. The molecule has 0 aliphatic rings. The van der Waals surface area contributed by atoms with Gasteiger partial charge in [-0.25, -0.2) is 0 Å². The summed E-state index contributed by atoms with van der Waals surface area (Å²) in [7, 11) is 7.01. The fraction of sp³-hybridized carbons (Fsp3) is 0.500. The standard InChI is InChI=1S/C10H18N4/c1-6-7-8(11-2)9(12-3)10(13-4)14-5/h6-7H,1-5H3,(H,13,14)/b7-6-,11-8?,12-9?. The van der Waals surface area contributed by atoms with E-state index >= 15 is 0 Å². The molecule has 78 valence electrons. The van der Waals surface area contributed by atoms with E-state index in [1.165, 1.54) is 0 Å². The highest BCUT2D eigenvalue weighted by Gasteiger charge is 2.09. The molecule has 0 saturated heterocycles. The van der Waals surface area contributed by atoms with Gasteiger partial charge in [-0.1, -0.05) is 6.08 Å². The number of allylic oxidation sites excluding steroid dienone is 2. The molecular formula is C10H18N4. The van der Waals surface area contributed by atoms with E-state index in [9.17, 15) is 0 Å². The lowest BCUT2D eigenvalue weighted by atomic mass is 10.2. The fourth-order valence-electron chi connectivity index (χ4n) is 1.10. The predicted octanol–water partition coefficient (Wildman–Crippen LogP) is 0.952. The number of hydrogen-bond acceptors (Lipinski definition) is 3. The van der Waals surface area contributed by atoms with E-state index in [1.807, 2.05) is 26.1 Å². The van der Waals surface area contributed by atoms with E-state index in [0.717, 1.165) is 17.3 Å². The van der Waals surface area contributed by atoms with Crippen LogP contribution in [0.4, 0.5) is 0 Å². The summed E-state index contributed by atoms with van der Waals surface area (Å²) in [4.78, 5) is 12.4. The van der Waals surface area contributed by atoms with E-state index in [-0.39, 0.29) is 0 Å². The monoisotopic (exact) mass is 194 g/mol. The van der Waals surface area contributed by atoms with Crippen molar-refractivity contribution in [2.75, 3.05) is 28.2 Å². The molecule has 4 nitrogen and oxygen atoms in total. The van der Waals surface area contributed by atoms with Crippen LogP contribution in [0, 0.1) is 0 Å². The number of nitrogens with one attached hydrogen (secondary N) is 1. The molecular weight excluding hydrogens is 176 g/mol. The van der Waals surface area contributed by atoms with Crippen LogP contribution in [0.2, 0.25) is 0 Å². The highest BCUT2D eigenvalue weighted by atomic mass is 15.0. The van der Waals surface area contributed by atoms with E-state index in [0.29, 0.717) is 0 Å². The summed E-state index contributed by atoms with van der Waals surface area (Å²) in [5, 5.41) is 2.98. The minimum absolute atomic E-state index is 0.742. The van der Waals surface area contributed by atoms with Crippen LogP contribution in [0.5, 0.6) is 0 Å². The van der Waals surface area contributed by atoms with Gasteiger partial charge in [-0.05, 0) is 13.0 Å². The summed E-state index contributed by atoms with van der Waals surface area (Å²) >= 11 is 0. The maximum atomic E-state index is 4.16. The number of rotatable bonds is 3. The van der Waals surface area contributed by atoms with Gasteiger partial charge in [-0.3, -0.25) is 15.0 Å². The molecule has 0 fully saturated rings. The molecule has 0 saturated carbocycles. The van der Waals surface area contributed by atoms with E-state index in [1.54, 1.807) is 21.1 Å². The smallest absolute Gasteiger partial charge is 0.148 e. The average Bonchev–Trinajstić information content (AvgIpc) is 2.23. The molecule has 0 spiro atoms. The van der Waals surface area contributed by atoms with Crippen molar-refractivity contribution in [1.29, 1.82) is 0 Å². The molecule has 0 rings (SSSR count). The van der Waals surface area contributed by atoms with E-state index in [2.05, 4.69) is 20.3 Å². The van der Waals surface area contributed by atoms with Crippen LogP contribution in [0.15, 0.2) is 27.1 Å². The van der Waals surface area contributed by atoms with E-state index in [4.69, 9.17) is 0 Å². The molecule has 14 heavy (non-hydrogen) atoms. The number of amidine groups is 1. The van der Waals surface area contributed by atoms with Gasteiger partial charge in [-0.15, -0.1) is 0 Å². The fourth-order valence-corrected chi connectivity index (χ4v) is 1.10. The Balaban J connectivity index is 5.09. The SMILES string of the molecule is C/C=C\C(=NC)C(=NC)C(=NC)NC. The first-order valence-electron chi connectivity index (χ1n) is 4.46. The van der Waals surface area contributed by atoms with Gasteiger partial charge in [-0.2, -0.15) is 0 Å². The molecule has 4 heteroatoms. The maximum Gasteiger partial charge on any atom is 0.148 e. The van der Waals surface area contributed by atoms with Crippen molar-refractivity contribution in [3.63, 3.8) is 0 Å². The molecule has 0 aromatic rings. The summed E-state index contributed by atoms with van der Waals surface area (Å²) in [6.45, 7) is 1.95. The Morgan fingerprint density at radius 3 is 2.00 bits per heavy atom. The zero-order valence-electron chi connectivity index (χ0n) is 9.50. The first-order valence-corrected chi connectivity index (χ1v) is 4.46. The summed E-state index contributed by atoms with van der Waals surface area (Å²) in [6.07, 6.45) is 3.83. The van der Waals surface area contributed by atoms with Crippen molar-refractivity contribution in [2.45, 2.75) is 6.92 Å². The lowest BCUT2D eigenvalue weighted by Gasteiger charge is -2.07. The van der Waals surface area contributed by atoms with Crippen LogP contribution >= 0.6 is 0 Å². The lowest BCUT2D eigenvalue weighted by Crippen LogP contribution is -2.33. The third kappa shape index (κ3) is 3.12. The molecule has 0 heterocycles. The first-order chi connectivity index (χ1) is 6.74. The Morgan fingerprint density at radius 1 is 1.07 bits per heavy atom. The van der Waals surface area contributed by atoms with Gasteiger partial charge in [0, 0.05) is 28.2 Å². The molecule has 0 bridgehead atoms. The van der Waals surface area contributed by atoms with E-state index < -0.39 is 0 Å². The van der Waals surface area contributed by atoms with Crippen LogP contribution < -0.4 is 5.32 Å². The third-order valence-corrected chi connectivity index (χ3v) is 1.72. The topological polar surface area (TPSA) is 49.1 Å². The summed E-state index contributed by atoms with van der Waals surface area (Å²) in [5.41, 5.74) is 1.60. The number of nitrogens with zero attached hydrogens (tertiary/aromatic N) is 3. The van der Waals surface area contributed by atoms with Crippen molar-refractivity contribution in [1.82, 2.24) is 5.32 Å². The molecule has 0 aromatic carbocycles. The third-order valence-electron chi connectivity index (χ3n) is 1.72. The van der Waals surface area contributed by atoms with Crippen molar-refractivity contribution in [2.24, 2.45) is 15.0 Å². The largest absolute Gasteiger partial charge is 0.372 e. The van der Waals surface area contributed by atoms with Gasteiger partial charge in [0.2, 0.25) is 0 Å². The molecule has 0 radical (unpaired) electrons. The molecule has 0 aliphatic heterocycles. The Labute approximate surface area is 85.6 Å². The first kappa shape index (κ1) is 12.6. The van der Waals surface area contributed by atoms with Crippen LogP contribution in [0.25, 0.3) is 0 Å². The normalized spacial score (nSPS) is 15.1. The van der Waals surface area contributed by atoms with Crippen LogP contribution in [-0.4, -0.2) is 45.4 Å². The Kier molecular flexibility index (Phi) is 6.28. The van der Waals surface area contributed by atoms with Gasteiger partial charge in [0.15, 0.2) is 0 Å². The van der Waals surface area contributed by atoms with Crippen molar-refractivity contribution < 1.29 is 0 Å². The minimum atomic E-state index is 0.742. The summed E-state index contributed by atoms with van der Waals surface area (Å²) in [5.74, 6) is 0.742. The van der Waals surface area contributed by atoms with Crippen molar-refractivity contribution in [3.8, 4) is 0 Å². The quantitative estimate of drug-likeness (QED) is 0.528. The molecule has 0 unspecified atom stereocenters. The molecule has 0 amide bonds. The highest BCUT2D eigenvalue weighted by Crippen LogP contribution is 1.90. The summed E-state index contributed by atoms with van der Waals surface area (Å²) in [6, 6.07) is 0. The van der Waals surface area contributed by atoms with Gasteiger partial charge in [0.05, 0.1) is 5.71 Å². The van der Waals surface area contributed by atoms with Crippen LogP contribution in [-0.2, 0) is 0 Å². The van der Waals surface area contributed by atoms with Gasteiger partial charge < -0.3 is 5.32 Å². The Bertz CT molecular complexity index is 284. The van der Waals surface area contributed by atoms with Gasteiger partial charge in [0.25, 0.3) is 0 Å². The molecule has 0 aromatic heterocycles. The average molecular weight is 194 g/mol. The van der Waals surface area contributed by atoms with Gasteiger partial charge >= 0.3 is 0 Å². The van der Waals surface area contributed by atoms with Crippen LogP contribution in [0.3, 0.4) is 0 Å². The number of aliphatic imine (C=N–C) groups is 3. The van der Waals surface area contributed by atoms with Crippen molar-refractivity contribution in [3.05, 3.63) is 12.2 Å². The second-order valence-electron chi connectivity index (χ2n) is 2.50. The molecule has 0 atom stereocenters. The second-order valence-corrected chi connectivity index (χ2v) is 2.50. The predicted molar refractivity (Wildman–Crippen MR) is 64.0 cm³/mol. The van der Waals surface area contributed by atoms with Crippen LogP contribution in [0.1, 0.15) is 6.92 Å². The van der Waals surface area contributed by atoms with Gasteiger partial charge in [0.1, 0.15) is 11.5 Å². The Hall–Kier alpha value is -1.45. The van der Waals surface area contributed by atoms with Crippen molar-refractivity contribution >= 4 is 17.3 Å². The molecule has 0 aliphatic carbocycles. The lowest BCUT2D eigenvalue weighted by molar-refractivity contribution is 1.17. The molecule has 1 N–H and O–H groups in total. The number of hydrogen-bond donors (Lipinski definition) is 1. The zero-order chi connectivity index (χ0) is 11.0. The Morgan fingerprint density at radius 2 is 1.71 bits per heavy atom.